The van der Waals surface area contributed by atoms with Crippen LogP contribution in [-0.4, -0.2) is 6.61 Å². The molecule has 1 aromatic carbocycles. The van der Waals surface area contributed by atoms with Gasteiger partial charge < -0.3 is 4.74 Å². The zero-order chi connectivity index (χ0) is 10.7. The van der Waals surface area contributed by atoms with Gasteiger partial charge in [0.2, 0.25) is 0 Å². The molecule has 1 unspecified atom stereocenters. The zero-order valence-corrected chi connectivity index (χ0v) is 10.6. The van der Waals surface area contributed by atoms with Crippen molar-refractivity contribution in [3.8, 4) is 5.75 Å². The molecule has 80 valence electrons. The maximum Gasteiger partial charge on any atom is 0.120 e. The average Bonchev–Trinajstić information content (AvgIpc) is 2.62. The van der Waals surface area contributed by atoms with Gasteiger partial charge in [-0.2, -0.15) is 0 Å². The molecule has 3 heteroatoms. The van der Waals surface area contributed by atoms with Crippen LogP contribution in [0.15, 0.2) is 39.8 Å². The molecule has 1 aliphatic rings. The van der Waals surface area contributed by atoms with Crippen LogP contribution < -0.4 is 4.74 Å². The highest BCUT2D eigenvalue weighted by molar-refractivity contribution is 9.10. The number of ether oxygens (including phenoxy) is 1. The quantitative estimate of drug-likeness (QED) is 0.802. The lowest BCUT2D eigenvalue weighted by Crippen LogP contribution is -2.08. The van der Waals surface area contributed by atoms with Crippen LogP contribution in [0.2, 0.25) is 0 Å². The van der Waals surface area contributed by atoms with Crippen molar-refractivity contribution in [2.24, 2.45) is 5.92 Å². The fourth-order valence-electron chi connectivity index (χ4n) is 1.63. The lowest BCUT2D eigenvalue weighted by atomic mass is 10.1. The predicted octanol–water partition coefficient (Wildman–Crippen LogP) is 4.36. The summed E-state index contributed by atoms with van der Waals surface area (Å²) < 4.78 is 6.74. The highest BCUT2D eigenvalue weighted by atomic mass is 79.9. The third-order valence-corrected chi connectivity index (χ3v) is 3.24. The van der Waals surface area contributed by atoms with Gasteiger partial charge in [-0.25, -0.2) is 0 Å². The largest absolute Gasteiger partial charge is 0.493 e. The minimum atomic E-state index is 0.538. The summed E-state index contributed by atoms with van der Waals surface area (Å²) in [6.07, 6.45) is 4.07. The molecule has 0 heterocycles. The molecule has 0 aromatic heterocycles. The Morgan fingerprint density at radius 1 is 1.47 bits per heavy atom. The second-order valence-corrected chi connectivity index (χ2v) is 5.13. The maximum absolute atomic E-state index is 5.91. The van der Waals surface area contributed by atoms with E-state index in [9.17, 15) is 0 Å². The first-order chi connectivity index (χ1) is 7.24. The number of halogens is 2. The number of hydrogen-bond acceptors (Lipinski definition) is 1. The normalized spacial score (nSPS) is 20.1. The third kappa shape index (κ3) is 3.25. The molecular formula is C12H12BrClO. The van der Waals surface area contributed by atoms with Crippen LogP contribution in [0.4, 0.5) is 0 Å². The molecule has 0 N–H and O–H groups in total. The van der Waals surface area contributed by atoms with Gasteiger partial charge in [-0.3, -0.25) is 0 Å². The molecule has 1 nitrogen and oxygen atoms in total. The molecule has 15 heavy (non-hydrogen) atoms. The fourth-order valence-corrected chi connectivity index (χ4v) is 2.32. The number of benzene rings is 1. The summed E-state index contributed by atoms with van der Waals surface area (Å²) in [6, 6.07) is 7.90. The number of allylic oxidation sites excluding steroid dienone is 2. The Labute approximate surface area is 103 Å². The van der Waals surface area contributed by atoms with Crippen LogP contribution in [-0.2, 0) is 0 Å². The van der Waals surface area contributed by atoms with Crippen molar-refractivity contribution in [1.29, 1.82) is 0 Å². The van der Waals surface area contributed by atoms with E-state index < -0.39 is 0 Å². The minimum Gasteiger partial charge on any atom is -0.493 e. The topological polar surface area (TPSA) is 9.23 Å². The molecule has 0 aliphatic heterocycles. The van der Waals surface area contributed by atoms with Crippen LogP contribution in [0, 0.1) is 5.92 Å². The van der Waals surface area contributed by atoms with E-state index in [-0.39, 0.29) is 0 Å². The molecule has 0 radical (unpaired) electrons. The van der Waals surface area contributed by atoms with Gasteiger partial charge in [0, 0.05) is 15.4 Å². The monoisotopic (exact) mass is 286 g/mol. The fraction of sp³-hybridized carbons (Fsp3) is 0.333. The highest BCUT2D eigenvalue weighted by Crippen LogP contribution is 2.28. The molecule has 0 bridgehead atoms. The van der Waals surface area contributed by atoms with Gasteiger partial charge in [-0.1, -0.05) is 39.7 Å². The summed E-state index contributed by atoms with van der Waals surface area (Å²) in [5.74, 6) is 1.45. The molecule has 1 aliphatic carbocycles. The first kappa shape index (κ1) is 11.0. The smallest absolute Gasteiger partial charge is 0.120 e. The van der Waals surface area contributed by atoms with Crippen LogP contribution >= 0.6 is 27.5 Å². The van der Waals surface area contributed by atoms with E-state index in [1.165, 1.54) is 0 Å². The van der Waals surface area contributed by atoms with Gasteiger partial charge in [-0.15, -0.1) is 0 Å². The van der Waals surface area contributed by atoms with Crippen molar-refractivity contribution < 1.29 is 4.74 Å². The van der Waals surface area contributed by atoms with Crippen LogP contribution in [0.3, 0.4) is 0 Å². The SMILES string of the molecule is ClC1=CCC(COc2cccc(Br)c2)C1. The van der Waals surface area contributed by atoms with E-state index in [2.05, 4.69) is 22.0 Å². The lowest BCUT2D eigenvalue weighted by Gasteiger charge is -2.11. The van der Waals surface area contributed by atoms with Crippen molar-refractivity contribution in [3.63, 3.8) is 0 Å². The van der Waals surface area contributed by atoms with Gasteiger partial charge in [0.15, 0.2) is 0 Å². The van der Waals surface area contributed by atoms with E-state index in [1.807, 2.05) is 24.3 Å². The van der Waals surface area contributed by atoms with Crippen molar-refractivity contribution >= 4 is 27.5 Å². The van der Waals surface area contributed by atoms with Gasteiger partial charge in [0.1, 0.15) is 5.75 Å². The number of hydrogen-bond donors (Lipinski definition) is 0. The molecule has 0 saturated heterocycles. The van der Waals surface area contributed by atoms with Gasteiger partial charge in [-0.05, 0) is 31.0 Å². The molecule has 0 saturated carbocycles. The van der Waals surface area contributed by atoms with Crippen molar-refractivity contribution in [1.82, 2.24) is 0 Å². The Hall–Kier alpha value is -0.470. The van der Waals surface area contributed by atoms with Crippen LogP contribution in [0.25, 0.3) is 0 Å². The molecule has 0 spiro atoms. The molecular weight excluding hydrogens is 275 g/mol. The second kappa shape index (κ2) is 5.04. The Kier molecular flexibility index (Phi) is 3.71. The first-order valence-electron chi connectivity index (χ1n) is 4.97. The molecule has 0 fully saturated rings. The van der Waals surface area contributed by atoms with E-state index in [0.29, 0.717) is 5.92 Å². The molecule has 1 atom stereocenters. The highest BCUT2D eigenvalue weighted by Gasteiger charge is 2.16. The van der Waals surface area contributed by atoms with E-state index in [0.717, 1.165) is 34.7 Å². The van der Waals surface area contributed by atoms with Crippen LogP contribution in [0.5, 0.6) is 5.75 Å². The summed E-state index contributed by atoms with van der Waals surface area (Å²) in [5.41, 5.74) is 0. The standard InChI is InChI=1S/C12H12BrClO/c13-10-2-1-3-12(7-10)15-8-9-4-5-11(14)6-9/h1-3,5,7,9H,4,6,8H2. The maximum atomic E-state index is 5.91. The minimum absolute atomic E-state index is 0.538. The Balaban J connectivity index is 1.84. The van der Waals surface area contributed by atoms with E-state index in [4.69, 9.17) is 16.3 Å². The summed E-state index contributed by atoms with van der Waals surface area (Å²) in [6.45, 7) is 0.739. The molecule has 2 rings (SSSR count). The Morgan fingerprint density at radius 2 is 2.33 bits per heavy atom. The molecule has 0 amide bonds. The van der Waals surface area contributed by atoms with Gasteiger partial charge in [0.25, 0.3) is 0 Å². The Bertz CT molecular complexity index is 376. The average molecular weight is 288 g/mol. The van der Waals surface area contributed by atoms with Crippen molar-refractivity contribution in [3.05, 3.63) is 39.8 Å². The number of rotatable bonds is 3. The molecule has 1 aromatic rings. The van der Waals surface area contributed by atoms with Crippen molar-refractivity contribution in [2.75, 3.05) is 6.61 Å². The summed E-state index contributed by atoms with van der Waals surface area (Å²) >= 11 is 9.33. The van der Waals surface area contributed by atoms with E-state index >= 15 is 0 Å². The zero-order valence-electron chi connectivity index (χ0n) is 8.25. The lowest BCUT2D eigenvalue weighted by molar-refractivity contribution is 0.255. The summed E-state index contributed by atoms with van der Waals surface area (Å²) in [7, 11) is 0. The van der Waals surface area contributed by atoms with Gasteiger partial charge in [0.05, 0.1) is 6.61 Å². The third-order valence-electron chi connectivity index (χ3n) is 2.44. The summed E-state index contributed by atoms with van der Waals surface area (Å²) in [4.78, 5) is 0. The van der Waals surface area contributed by atoms with Crippen LogP contribution in [0.1, 0.15) is 12.8 Å². The second-order valence-electron chi connectivity index (χ2n) is 3.73. The first-order valence-corrected chi connectivity index (χ1v) is 6.14. The van der Waals surface area contributed by atoms with E-state index in [1.54, 1.807) is 0 Å². The van der Waals surface area contributed by atoms with Crippen molar-refractivity contribution in [2.45, 2.75) is 12.8 Å². The Morgan fingerprint density at radius 3 is 3.00 bits per heavy atom. The van der Waals surface area contributed by atoms with Gasteiger partial charge >= 0.3 is 0 Å². The summed E-state index contributed by atoms with van der Waals surface area (Å²) in [5, 5.41) is 0.970. The predicted molar refractivity (Wildman–Crippen MR) is 66.3 cm³/mol.